The van der Waals surface area contributed by atoms with E-state index in [2.05, 4.69) is 20.3 Å². The summed E-state index contributed by atoms with van der Waals surface area (Å²) in [5.74, 6) is 0.473. The van der Waals surface area contributed by atoms with E-state index < -0.39 is 0 Å². The van der Waals surface area contributed by atoms with Crippen molar-refractivity contribution in [2.45, 2.75) is 32.6 Å². The second-order valence-corrected chi connectivity index (χ2v) is 6.61. The highest BCUT2D eigenvalue weighted by Crippen LogP contribution is 2.18. The average Bonchev–Trinajstić information content (AvgIpc) is 2.87. The van der Waals surface area contributed by atoms with E-state index in [0.717, 1.165) is 10.8 Å². The van der Waals surface area contributed by atoms with Gasteiger partial charge < -0.3 is 11.1 Å². The first-order chi connectivity index (χ1) is 9.90. The van der Waals surface area contributed by atoms with E-state index >= 15 is 0 Å². The summed E-state index contributed by atoms with van der Waals surface area (Å²) in [4.78, 5) is 24.8. The molecule has 0 aromatic carbocycles. The van der Waals surface area contributed by atoms with Gasteiger partial charge in [0.05, 0.1) is 23.1 Å². The van der Waals surface area contributed by atoms with Crippen LogP contribution in [0.4, 0.5) is 5.69 Å². The molecule has 0 aliphatic heterocycles. The predicted molar refractivity (Wildman–Crippen MR) is 90.8 cm³/mol. The second kappa shape index (κ2) is 7.62. The molecule has 1 amide bonds. The van der Waals surface area contributed by atoms with E-state index in [1.54, 1.807) is 17.8 Å². The SMILES string of the molecule is CC(C)(C)c1ncc(NC(=O)c2csc(CCN)n2)cn1.Cl. The Morgan fingerprint density at radius 1 is 1.32 bits per heavy atom. The summed E-state index contributed by atoms with van der Waals surface area (Å²) in [5.41, 5.74) is 6.30. The van der Waals surface area contributed by atoms with Crippen molar-refractivity contribution in [2.24, 2.45) is 5.73 Å². The molecule has 3 N–H and O–H groups in total. The summed E-state index contributed by atoms with van der Waals surface area (Å²) < 4.78 is 0. The maximum atomic E-state index is 12.1. The Balaban J connectivity index is 0.00000242. The lowest BCUT2D eigenvalue weighted by Gasteiger charge is -2.16. The predicted octanol–water partition coefficient (Wildman–Crippen LogP) is 2.41. The Bertz CT molecular complexity index is 621. The molecule has 0 unspecified atom stereocenters. The summed E-state index contributed by atoms with van der Waals surface area (Å²) >= 11 is 1.44. The summed E-state index contributed by atoms with van der Waals surface area (Å²) in [6.45, 7) is 6.63. The van der Waals surface area contributed by atoms with Gasteiger partial charge in [0.25, 0.3) is 5.91 Å². The fourth-order valence-electron chi connectivity index (χ4n) is 1.63. The van der Waals surface area contributed by atoms with Crippen molar-refractivity contribution in [3.05, 3.63) is 34.3 Å². The van der Waals surface area contributed by atoms with Crippen LogP contribution in [0.1, 0.15) is 42.1 Å². The molecule has 2 aromatic heterocycles. The molecule has 2 heterocycles. The zero-order valence-electron chi connectivity index (χ0n) is 12.8. The first-order valence-electron chi connectivity index (χ1n) is 6.68. The fraction of sp³-hybridized carbons (Fsp3) is 0.429. The topological polar surface area (TPSA) is 93.8 Å². The first kappa shape index (κ1) is 18.5. The molecule has 0 aliphatic carbocycles. The monoisotopic (exact) mass is 341 g/mol. The third kappa shape index (κ3) is 4.72. The number of halogens is 1. The number of carbonyl (C=O) groups excluding carboxylic acids is 1. The van der Waals surface area contributed by atoms with Crippen LogP contribution in [-0.2, 0) is 11.8 Å². The van der Waals surface area contributed by atoms with Gasteiger partial charge in [0, 0.05) is 17.2 Å². The van der Waals surface area contributed by atoms with Crippen molar-refractivity contribution in [2.75, 3.05) is 11.9 Å². The summed E-state index contributed by atoms with van der Waals surface area (Å²) in [7, 11) is 0. The number of anilines is 1. The molecule has 0 bridgehead atoms. The summed E-state index contributed by atoms with van der Waals surface area (Å²) in [6, 6.07) is 0. The van der Waals surface area contributed by atoms with E-state index in [1.165, 1.54) is 11.3 Å². The van der Waals surface area contributed by atoms with Crippen LogP contribution >= 0.6 is 23.7 Å². The molecule has 6 nitrogen and oxygen atoms in total. The smallest absolute Gasteiger partial charge is 0.275 e. The summed E-state index contributed by atoms with van der Waals surface area (Å²) in [5, 5.41) is 5.33. The molecule has 0 aliphatic rings. The minimum Gasteiger partial charge on any atom is -0.330 e. The molecule has 22 heavy (non-hydrogen) atoms. The Morgan fingerprint density at radius 2 is 1.95 bits per heavy atom. The van der Waals surface area contributed by atoms with Crippen LogP contribution in [0.25, 0.3) is 0 Å². The van der Waals surface area contributed by atoms with Gasteiger partial charge in [-0.25, -0.2) is 15.0 Å². The third-order valence-corrected chi connectivity index (χ3v) is 3.63. The molecule has 8 heteroatoms. The van der Waals surface area contributed by atoms with Crippen LogP contribution in [-0.4, -0.2) is 27.4 Å². The number of rotatable bonds is 4. The van der Waals surface area contributed by atoms with Gasteiger partial charge in [-0.2, -0.15) is 0 Å². The zero-order chi connectivity index (χ0) is 15.5. The molecule has 0 fully saturated rings. The number of aromatic nitrogens is 3. The lowest BCUT2D eigenvalue weighted by molar-refractivity contribution is 0.102. The highest BCUT2D eigenvalue weighted by atomic mass is 35.5. The number of amides is 1. The lowest BCUT2D eigenvalue weighted by atomic mass is 9.96. The van der Waals surface area contributed by atoms with Gasteiger partial charge in [-0.15, -0.1) is 23.7 Å². The molecular weight excluding hydrogens is 322 g/mol. The largest absolute Gasteiger partial charge is 0.330 e. The van der Waals surface area contributed by atoms with Gasteiger partial charge in [0.1, 0.15) is 11.5 Å². The number of nitrogens with two attached hydrogens (primary N) is 1. The zero-order valence-corrected chi connectivity index (χ0v) is 14.4. The molecule has 120 valence electrons. The van der Waals surface area contributed by atoms with Gasteiger partial charge in [0.15, 0.2) is 0 Å². The van der Waals surface area contributed by atoms with Gasteiger partial charge in [0.2, 0.25) is 0 Å². The van der Waals surface area contributed by atoms with Gasteiger partial charge >= 0.3 is 0 Å². The molecule has 2 rings (SSSR count). The van der Waals surface area contributed by atoms with Crippen molar-refractivity contribution in [3.63, 3.8) is 0 Å². The van der Waals surface area contributed by atoms with Crippen molar-refractivity contribution < 1.29 is 4.79 Å². The molecule has 0 atom stereocenters. The van der Waals surface area contributed by atoms with E-state index in [0.29, 0.717) is 24.3 Å². The molecular formula is C14H20ClN5OS. The highest BCUT2D eigenvalue weighted by molar-refractivity contribution is 7.09. The molecule has 0 radical (unpaired) electrons. The second-order valence-electron chi connectivity index (χ2n) is 5.66. The Labute approximate surface area is 140 Å². The minimum atomic E-state index is -0.262. The Kier molecular flexibility index (Phi) is 6.40. The third-order valence-electron chi connectivity index (χ3n) is 2.72. The van der Waals surface area contributed by atoms with E-state index in [-0.39, 0.29) is 23.7 Å². The van der Waals surface area contributed by atoms with Crippen LogP contribution in [0, 0.1) is 0 Å². The van der Waals surface area contributed by atoms with Crippen molar-refractivity contribution in [1.29, 1.82) is 0 Å². The molecule has 0 spiro atoms. The molecule has 0 saturated heterocycles. The summed E-state index contributed by atoms with van der Waals surface area (Å²) in [6.07, 6.45) is 3.90. The van der Waals surface area contributed by atoms with Crippen LogP contribution in [0.3, 0.4) is 0 Å². The van der Waals surface area contributed by atoms with Crippen molar-refractivity contribution >= 4 is 35.3 Å². The van der Waals surface area contributed by atoms with Crippen LogP contribution in [0.15, 0.2) is 17.8 Å². The minimum absolute atomic E-state index is 0. The lowest BCUT2D eigenvalue weighted by Crippen LogP contribution is -2.17. The van der Waals surface area contributed by atoms with Crippen molar-refractivity contribution in [1.82, 2.24) is 15.0 Å². The maximum absolute atomic E-state index is 12.1. The number of nitrogens with one attached hydrogen (secondary N) is 1. The number of carbonyl (C=O) groups is 1. The quantitative estimate of drug-likeness (QED) is 0.890. The van der Waals surface area contributed by atoms with E-state index in [1.807, 2.05) is 20.8 Å². The Hall–Kier alpha value is -1.57. The molecule has 2 aromatic rings. The standard InChI is InChI=1S/C14H19N5OS.ClH/c1-14(2,3)13-16-6-9(7-17-13)18-12(20)10-8-21-11(19-10)4-5-15;/h6-8H,4-5,15H2,1-3H3,(H,18,20);1H. The Morgan fingerprint density at radius 3 is 2.50 bits per heavy atom. The normalized spacial score (nSPS) is 10.9. The van der Waals surface area contributed by atoms with E-state index in [9.17, 15) is 4.79 Å². The van der Waals surface area contributed by atoms with E-state index in [4.69, 9.17) is 5.73 Å². The highest BCUT2D eigenvalue weighted by Gasteiger charge is 2.17. The maximum Gasteiger partial charge on any atom is 0.275 e. The number of thiazole rings is 1. The van der Waals surface area contributed by atoms with Crippen LogP contribution in [0.5, 0.6) is 0 Å². The average molecular weight is 342 g/mol. The van der Waals surface area contributed by atoms with Gasteiger partial charge in [-0.1, -0.05) is 20.8 Å². The number of hydrogen-bond donors (Lipinski definition) is 2. The number of hydrogen-bond acceptors (Lipinski definition) is 6. The van der Waals surface area contributed by atoms with Crippen LogP contribution in [0.2, 0.25) is 0 Å². The fourth-order valence-corrected chi connectivity index (χ4v) is 2.42. The number of nitrogens with zero attached hydrogens (tertiary/aromatic N) is 3. The molecule has 0 saturated carbocycles. The van der Waals surface area contributed by atoms with Crippen LogP contribution < -0.4 is 11.1 Å². The first-order valence-corrected chi connectivity index (χ1v) is 7.56. The van der Waals surface area contributed by atoms with Gasteiger partial charge in [-0.05, 0) is 6.54 Å². The van der Waals surface area contributed by atoms with Crippen molar-refractivity contribution in [3.8, 4) is 0 Å². The van der Waals surface area contributed by atoms with Gasteiger partial charge in [-0.3, -0.25) is 4.79 Å².